The van der Waals surface area contributed by atoms with Gasteiger partial charge in [0.2, 0.25) is 5.91 Å². The van der Waals surface area contributed by atoms with Gasteiger partial charge >= 0.3 is 0 Å². The molecule has 2 N–H and O–H groups in total. The van der Waals surface area contributed by atoms with Gasteiger partial charge in [0.25, 0.3) is 0 Å². The van der Waals surface area contributed by atoms with E-state index in [-0.39, 0.29) is 11.9 Å². The van der Waals surface area contributed by atoms with Crippen molar-refractivity contribution in [2.24, 2.45) is 11.7 Å². The number of rotatable bonds is 6. The third-order valence-corrected chi connectivity index (χ3v) is 5.46. The van der Waals surface area contributed by atoms with Crippen LogP contribution in [0.2, 0.25) is 0 Å². The van der Waals surface area contributed by atoms with Crippen LogP contribution >= 0.6 is 0 Å². The number of nitrogens with two attached hydrogens (primary N) is 1. The molecule has 4 heteroatoms. The zero-order valence-corrected chi connectivity index (χ0v) is 14.5. The van der Waals surface area contributed by atoms with Crippen molar-refractivity contribution in [2.75, 3.05) is 19.7 Å². The predicted molar refractivity (Wildman–Crippen MR) is 95.5 cm³/mol. The maximum absolute atomic E-state index is 12.5. The molecule has 24 heavy (non-hydrogen) atoms. The van der Waals surface area contributed by atoms with E-state index in [2.05, 4.69) is 0 Å². The molecule has 1 aliphatic carbocycles. The molecule has 0 spiro atoms. The fourth-order valence-corrected chi connectivity index (χ4v) is 3.86. The number of likely N-dealkylation sites (tertiary alicyclic amines) is 1. The Morgan fingerprint density at radius 1 is 1.12 bits per heavy atom. The van der Waals surface area contributed by atoms with Crippen LogP contribution in [0, 0.1) is 5.92 Å². The van der Waals surface area contributed by atoms with Gasteiger partial charge in [-0.1, -0.05) is 43.2 Å². The average molecular weight is 330 g/mol. The monoisotopic (exact) mass is 330 g/mol. The number of piperidine rings is 1. The van der Waals surface area contributed by atoms with Crippen LogP contribution in [0.5, 0.6) is 0 Å². The van der Waals surface area contributed by atoms with Crippen molar-refractivity contribution in [1.82, 2.24) is 4.90 Å². The molecule has 0 bridgehead atoms. The second-order valence-electron chi connectivity index (χ2n) is 7.29. The largest absolute Gasteiger partial charge is 0.378 e. The normalized spacial score (nSPS) is 21.1. The fourth-order valence-electron chi connectivity index (χ4n) is 3.86. The van der Waals surface area contributed by atoms with Crippen LogP contribution in [-0.4, -0.2) is 36.6 Å². The zero-order valence-electron chi connectivity index (χ0n) is 14.5. The lowest BCUT2D eigenvalue weighted by Crippen LogP contribution is -2.42. The number of ether oxygens (including phenoxy) is 1. The van der Waals surface area contributed by atoms with Gasteiger partial charge in [-0.2, -0.15) is 0 Å². The molecule has 1 amide bonds. The van der Waals surface area contributed by atoms with Crippen molar-refractivity contribution >= 4 is 5.91 Å². The van der Waals surface area contributed by atoms with E-state index in [4.69, 9.17) is 10.5 Å². The maximum atomic E-state index is 12.5. The number of hydrogen-bond acceptors (Lipinski definition) is 3. The highest BCUT2D eigenvalue weighted by Gasteiger charge is 2.25. The van der Waals surface area contributed by atoms with E-state index in [1.165, 1.54) is 25.7 Å². The van der Waals surface area contributed by atoms with Gasteiger partial charge < -0.3 is 15.4 Å². The zero-order chi connectivity index (χ0) is 16.8. The van der Waals surface area contributed by atoms with E-state index in [0.717, 1.165) is 44.0 Å². The molecular formula is C20H30N2O2. The SMILES string of the molecule is NC(CC(=O)N1CCC(OCC2CCCC2)CC1)c1ccccc1. The first-order valence-electron chi connectivity index (χ1n) is 9.42. The van der Waals surface area contributed by atoms with Gasteiger partial charge in [0.05, 0.1) is 6.10 Å². The second kappa shape index (κ2) is 8.63. The van der Waals surface area contributed by atoms with Crippen LogP contribution in [0.25, 0.3) is 0 Å². The van der Waals surface area contributed by atoms with Gasteiger partial charge in [0, 0.05) is 32.2 Å². The fraction of sp³-hybridized carbons (Fsp3) is 0.650. The third kappa shape index (κ3) is 4.81. The minimum atomic E-state index is -0.213. The smallest absolute Gasteiger partial charge is 0.224 e. The maximum Gasteiger partial charge on any atom is 0.224 e. The number of benzene rings is 1. The standard InChI is InChI=1S/C20H30N2O2/c21-19(17-8-2-1-3-9-17)14-20(23)22-12-10-18(11-13-22)24-15-16-6-4-5-7-16/h1-3,8-9,16,18-19H,4-7,10-15,21H2. The molecule has 1 saturated carbocycles. The quantitative estimate of drug-likeness (QED) is 0.871. The minimum Gasteiger partial charge on any atom is -0.378 e. The summed E-state index contributed by atoms with van der Waals surface area (Å²) < 4.78 is 6.08. The lowest BCUT2D eigenvalue weighted by atomic mass is 10.0. The van der Waals surface area contributed by atoms with Crippen molar-refractivity contribution in [3.05, 3.63) is 35.9 Å². The predicted octanol–water partition coefficient (Wildman–Crippen LogP) is 3.27. The Bertz CT molecular complexity index is 506. The third-order valence-electron chi connectivity index (χ3n) is 5.46. The first kappa shape index (κ1) is 17.4. The topological polar surface area (TPSA) is 55.6 Å². The molecule has 3 rings (SSSR count). The lowest BCUT2D eigenvalue weighted by molar-refractivity contribution is -0.134. The average Bonchev–Trinajstić information content (AvgIpc) is 3.14. The van der Waals surface area contributed by atoms with Crippen LogP contribution in [0.3, 0.4) is 0 Å². The molecule has 1 atom stereocenters. The Balaban J connectivity index is 1.38. The molecule has 2 aliphatic rings. The Labute approximate surface area is 145 Å². The van der Waals surface area contributed by atoms with Gasteiger partial charge in [0.15, 0.2) is 0 Å². The Morgan fingerprint density at radius 2 is 1.79 bits per heavy atom. The summed E-state index contributed by atoms with van der Waals surface area (Å²) in [4.78, 5) is 14.4. The van der Waals surface area contributed by atoms with Crippen LogP contribution < -0.4 is 5.73 Å². The summed E-state index contributed by atoms with van der Waals surface area (Å²) in [7, 11) is 0. The highest BCUT2D eigenvalue weighted by molar-refractivity contribution is 5.77. The molecule has 1 heterocycles. The highest BCUT2D eigenvalue weighted by atomic mass is 16.5. The van der Waals surface area contributed by atoms with E-state index >= 15 is 0 Å². The number of carbonyl (C=O) groups is 1. The molecule has 1 aliphatic heterocycles. The van der Waals surface area contributed by atoms with Crippen molar-refractivity contribution in [3.8, 4) is 0 Å². The van der Waals surface area contributed by atoms with Gasteiger partial charge in [-0.15, -0.1) is 0 Å². The Morgan fingerprint density at radius 3 is 2.46 bits per heavy atom. The van der Waals surface area contributed by atoms with Crippen LogP contribution in [0.1, 0.15) is 56.6 Å². The molecule has 0 radical (unpaired) electrons. The van der Waals surface area contributed by atoms with E-state index < -0.39 is 0 Å². The van der Waals surface area contributed by atoms with Gasteiger partial charge in [-0.3, -0.25) is 4.79 Å². The van der Waals surface area contributed by atoms with Gasteiger partial charge in [-0.25, -0.2) is 0 Å². The molecule has 1 saturated heterocycles. The van der Waals surface area contributed by atoms with E-state index in [0.29, 0.717) is 12.5 Å². The first-order valence-corrected chi connectivity index (χ1v) is 9.42. The van der Waals surface area contributed by atoms with Gasteiger partial charge in [-0.05, 0) is 37.2 Å². The van der Waals surface area contributed by atoms with Crippen molar-refractivity contribution in [3.63, 3.8) is 0 Å². The van der Waals surface area contributed by atoms with Crippen LogP contribution in [0.4, 0.5) is 0 Å². The Hall–Kier alpha value is -1.39. The summed E-state index contributed by atoms with van der Waals surface area (Å²) >= 11 is 0. The van der Waals surface area contributed by atoms with E-state index in [9.17, 15) is 4.79 Å². The molecule has 4 nitrogen and oxygen atoms in total. The molecule has 1 unspecified atom stereocenters. The summed E-state index contributed by atoms with van der Waals surface area (Å²) in [5, 5.41) is 0. The summed E-state index contributed by atoms with van der Waals surface area (Å²) in [6.45, 7) is 2.52. The summed E-state index contributed by atoms with van der Waals surface area (Å²) in [6, 6.07) is 9.66. The number of nitrogens with zero attached hydrogens (tertiary/aromatic N) is 1. The molecule has 2 fully saturated rings. The highest BCUT2D eigenvalue weighted by Crippen LogP contribution is 2.26. The van der Waals surface area contributed by atoms with Crippen molar-refractivity contribution < 1.29 is 9.53 Å². The number of amides is 1. The van der Waals surface area contributed by atoms with Gasteiger partial charge in [0.1, 0.15) is 0 Å². The number of carbonyl (C=O) groups excluding carboxylic acids is 1. The molecule has 0 aromatic heterocycles. The Kier molecular flexibility index (Phi) is 6.27. The first-order chi connectivity index (χ1) is 11.7. The summed E-state index contributed by atoms with van der Waals surface area (Å²) in [6.07, 6.45) is 8.02. The molecular weight excluding hydrogens is 300 g/mol. The van der Waals surface area contributed by atoms with Crippen LogP contribution in [0.15, 0.2) is 30.3 Å². The van der Waals surface area contributed by atoms with Crippen LogP contribution in [-0.2, 0) is 9.53 Å². The van der Waals surface area contributed by atoms with E-state index in [1.807, 2.05) is 35.2 Å². The second-order valence-corrected chi connectivity index (χ2v) is 7.29. The van der Waals surface area contributed by atoms with E-state index in [1.54, 1.807) is 0 Å². The molecule has 132 valence electrons. The number of hydrogen-bond donors (Lipinski definition) is 1. The lowest BCUT2D eigenvalue weighted by Gasteiger charge is -2.33. The van der Waals surface area contributed by atoms with Crippen molar-refractivity contribution in [2.45, 2.75) is 57.1 Å². The molecule has 1 aromatic rings. The molecule has 1 aromatic carbocycles. The summed E-state index contributed by atoms with van der Waals surface area (Å²) in [5.74, 6) is 0.939. The summed E-state index contributed by atoms with van der Waals surface area (Å²) in [5.41, 5.74) is 7.20. The van der Waals surface area contributed by atoms with Crippen molar-refractivity contribution in [1.29, 1.82) is 0 Å². The minimum absolute atomic E-state index is 0.167.